The smallest absolute Gasteiger partial charge is 0.419 e. The Morgan fingerprint density at radius 1 is 1.27 bits per heavy atom. The van der Waals surface area contributed by atoms with Crippen molar-refractivity contribution in [1.29, 1.82) is 0 Å². The molecule has 0 aliphatic heterocycles. The average Bonchev–Trinajstić information content (AvgIpc) is 2.17. The van der Waals surface area contributed by atoms with Crippen LogP contribution >= 0.6 is 0 Å². The van der Waals surface area contributed by atoms with Gasteiger partial charge in [0.1, 0.15) is 5.75 Å². The fourth-order valence-corrected chi connectivity index (χ4v) is 1.08. The Balaban J connectivity index is 2.82. The second kappa shape index (κ2) is 4.87. The normalized spacial score (nSPS) is 11.1. The van der Waals surface area contributed by atoms with Crippen molar-refractivity contribution in [3.63, 3.8) is 0 Å². The fourth-order valence-electron chi connectivity index (χ4n) is 1.08. The first-order chi connectivity index (χ1) is 7.05. The van der Waals surface area contributed by atoms with Crippen molar-refractivity contribution in [1.82, 2.24) is 0 Å². The van der Waals surface area contributed by atoms with E-state index in [1.807, 2.05) is 0 Å². The highest BCUT2D eigenvalue weighted by atomic mass is 19.4. The second-order valence-corrected chi connectivity index (χ2v) is 2.92. The minimum atomic E-state index is -4.37. The largest absolute Gasteiger partial charge is 0.493 e. The van der Waals surface area contributed by atoms with Gasteiger partial charge in [0.15, 0.2) is 0 Å². The predicted octanol–water partition coefficient (Wildman–Crippen LogP) is 3.66. The van der Waals surface area contributed by atoms with E-state index in [1.165, 1.54) is 18.2 Å². The van der Waals surface area contributed by atoms with E-state index in [-0.39, 0.29) is 12.4 Å². The van der Waals surface area contributed by atoms with E-state index in [0.29, 0.717) is 6.42 Å². The van der Waals surface area contributed by atoms with Crippen molar-refractivity contribution >= 4 is 0 Å². The van der Waals surface area contributed by atoms with E-state index in [1.54, 1.807) is 6.08 Å². The maximum Gasteiger partial charge on any atom is 0.419 e. The van der Waals surface area contributed by atoms with Gasteiger partial charge in [0, 0.05) is 0 Å². The van der Waals surface area contributed by atoms with Gasteiger partial charge in [0.25, 0.3) is 0 Å². The molecule has 82 valence electrons. The summed E-state index contributed by atoms with van der Waals surface area (Å²) in [6, 6.07) is 5.16. The lowest BCUT2D eigenvalue weighted by molar-refractivity contribution is -0.138. The van der Waals surface area contributed by atoms with Crippen LogP contribution in [0.5, 0.6) is 5.75 Å². The van der Waals surface area contributed by atoms with Gasteiger partial charge in [-0.3, -0.25) is 0 Å². The van der Waals surface area contributed by atoms with E-state index < -0.39 is 11.7 Å². The van der Waals surface area contributed by atoms with E-state index >= 15 is 0 Å². The van der Waals surface area contributed by atoms with E-state index in [0.717, 1.165) is 6.07 Å². The molecule has 0 heterocycles. The molecule has 0 N–H and O–H groups in total. The molecule has 0 spiro atoms. The molecule has 1 aromatic carbocycles. The Labute approximate surface area is 86.2 Å². The van der Waals surface area contributed by atoms with Gasteiger partial charge in [0.05, 0.1) is 12.2 Å². The van der Waals surface area contributed by atoms with Crippen LogP contribution in [0.3, 0.4) is 0 Å². The Hall–Kier alpha value is -1.45. The van der Waals surface area contributed by atoms with E-state index in [9.17, 15) is 13.2 Å². The SMILES string of the molecule is C=CCCOc1ccccc1C(F)(F)F. The summed E-state index contributed by atoms with van der Waals surface area (Å²) in [5, 5.41) is 0. The molecule has 0 bridgehead atoms. The summed E-state index contributed by atoms with van der Waals surface area (Å²) < 4.78 is 42.4. The standard InChI is InChI=1S/C11H11F3O/c1-2-3-8-15-10-7-5-4-6-9(10)11(12,13)14/h2,4-7H,1,3,8H2. The molecule has 4 heteroatoms. The number of hydrogen-bond acceptors (Lipinski definition) is 1. The molecule has 1 rings (SSSR count). The number of hydrogen-bond donors (Lipinski definition) is 0. The van der Waals surface area contributed by atoms with E-state index in [2.05, 4.69) is 6.58 Å². The van der Waals surface area contributed by atoms with Gasteiger partial charge in [0.2, 0.25) is 0 Å². The second-order valence-electron chi connectivity index (χ2n) is 2.92. The number of rotatable bonds is 4. The molecule has 0 atom stereocenters. The Bertz CT molecular complexity index is 331. The lowest BCUT2D eigenvalue weighted by Crippen LogP contribution is -2.08. The Morgan fingerprint density at radius 2 is 1.93 bits per heavy atom. The van der Waals surface area contributed by atoms with Gasteiger partial charge < -0.3 is 4.74 Å². The molecule has 0 saturated carbocycles. The average molecular weight is 216 g/mol. The highest BCUT2D eigenvalue weighted by Crippen LogP contribution is 2.35. The van der Waals surface area contributed by atoms with Gasteiger partial charge in [-0.2, -0.15) is 13.2 Å². The Morgan fingerprint density at radius 3 is 2.53 bits per heavy atom. The summed E-state index contributed by atoms with van der Waals surface area (Å²) in [6.45, 7) is 3.67. The van der Waals surface area contributed by atoms with Crippen LogP contribution in [-0.4, -0.2) is 6.61 Å². The predicted molar refractivity (Wildman–Crippen MR) is 51.8 cm³/mol. The number of benzene rings is 1. The summed E-state index contributed by atoms with van der Waals surface area (Å²) in [4.78, 5) is 0. The minimum Gasteiger partial charge on any atom is -0.493 e. The molecule has 1 aromatic rings. The lowest BCUT2D eigenvalue weighted by atomic mass is 10.2. The number of ether oxygens (including phenoxy) is 1. The first-order valence-corrected chi connectivity index (χ1v) is 4.45. The van der Waals surface area contributed by atoms with Crippen molar-refractivity contribution < 1.29 is 17.9 Å². The Kier molecular flexibility index (Phi) is 3.77. The monoisotopic (exact) mass is 216 g/mol. The first kappa shape index (κ1) is 11.6. The number of para-hydroxylation sites is 1. The van der Waals surface area contributed by atoms with Crippen molar-refractivity contribution in [3.8, 4) is 5.75 Å². The van der Waals surface area contributed by atoms with Crippen LogP contribution in [-0.2, 0) is 6.18 Å². The topological polar surface area (TPSA) is 9.23 Å². The summed E-state index contributed by atoms with van der Waals surface area (Å²) >= 11 is 0. The molecule has 0 unspecified atom stereocenters. The van der Waals surface area contributed by atoms with Gasteiger partial charge in [-0.15, -0.1) is 6.58 Å². The summed E-state index contributed by atoms with van der Waals surface area (Å²) in [5.41, 5.74) is -0.742. The molecular weight excluding hydrogens is 205 g/mol. The van der Waals surface area contributed by atoms with Crippen molar-refractivity contribution in [2.75, 3.05) is 6.61 Å². The third-order valence-corrected chi connectivity index (χ3v) is 1.77. The molecule has 1 nitrogen and oxygen atoms in total. The third-order valence-electron chi connectivity index (χ3n) is 1.77. The van der Waals surface area contributed by atoms with Crippen molar-refractivity contribution in [2.24, 2.45) is 0 Å². The summed E-state index contributed by atoms with van der Waals surface area (Å²) in [7, 11) is 0. The van der Waals surface area contributed by atoms with Gasteiger partial charge in [-0.05, 0) is 18.6 Å². The van der Waals surface area contributed by atoms with Crippen molar-refractivity contribution in [2.45, 2.75) is 12.6 Å². The quantitative estimate of drug-likeness (QED) is 0.551. The highest BCUT2D eigenvalue weighted by Gasteiger charge is 2.33. The molecule has 0 aromatic heterocycles. The van der Waals surface area contributed by atoms with Crippen LogP contribution in [0.4, 0.5) is 13.2 Å². The zero-order valence-corrected chi connectivity index (χ0v) is 8.05. The van der Waals surface area contributed by atoms with Gasteiger partial charge in [-0.1, -0.05) is 18.2 Å². The molecule has 0 radical (unpaired) electrons. The molecule has 0 aliphatic rings. The highest BCUT2D eigenvalue weighted by molar-refractivity contribution is 5.35. The van der Waals surface area contributed by atoms with Crippen LogP contribution < -0.4 is 4.74 Å². The lowest BCUT2D eigenvalue weighted by Gasteiger charge is -2.12. The third kappa shape index (κ3) is 3.31. The number of halogens is 3. The minimum absolute atomic E-state index is 0.133. The summed E-state index contributed by atoms with van der Waals surface area (Å²) in [5.74, 6) is -0.133. The molecule has 0 fully saturated rings. The maximum absolute atomic E-state index is 12.5. The van der Waals surface area contributed by atoms with Crippen molar-refractivity contribution in [3.05, 3.63) is 42.5 Å². The van der Waals surface area contributed by atoms with E-state index in [4.69, 9.17) is 4.74 Å². The molecular formula is C11H11F3O. The van der Waals surface area contributed by atoms with Crippen LogP contribution in [0, 0.1) is 0 Å². The van der Waals surface area contributed by atoms with Crippen LogP contribution in [0.2, 0.25) is 0 Å². The van der Waals surface area contributed by atoms with Gasteiger partial charge in [-0.25, -0.2) is 0 Å². The van der Waals surface area contributed by atoms with Gasteiger partial charge >= 0.3 is 6.18 Å². The molecule has 0 saturated heterocycles. The summed E-state index contributed by atoms with van der Waals surface area (Å²) in [6.07, 6.45) is -2.26. The zero-order chi connectivity index (χ0) is 11.3. The van der Waals surface area contributed by atoms with Crippen LogP contribution in [0.1, 0.15) is 12.0 Å². The molecule has 15 heavy (non-hydrogen) atoms. The maximum atomic E-state index is 12.5. The first-order valence-electron chi connectivity index (χ1n) is 4.45. The van der Waals surface area contributed by atoms with Crippen LogP contribution in [0.15, 0.2) is 36.9 Å². The molecule has 0 amide bonds. The van der Waals surface area contributed by atoms with Crippen LogP contribution in [0.25, 0.3) is 0 Å². The number of alkyl halides is 3. The fraction of sp³-hybridized carbons (Fsp3) is 0.273. The molecule has 0 aliphatic carbocycles. The zero-order valence-electron chi connectivity index (χ0n) is 8.05.